The molecule has 0 amide bonds. The van der Waals surface area contributed by atoms with E-state index in [0.717, 1.165) is 10.6 Å². The van der Waals surface area contributed by atoms with Gasteiger partial charge in [-0.15, -0.1) is 11.3 Å². The molecule has 0 aromatic carbocycles. The van der Waals surface area contributed by atoms with Crippen LogP contribution in [0.4, 0.5) is 0 Å². The summed E-state index contributed by atoms with van der Waals surface area (Å²) >= 11 is 6.68. The Labute approximate surface area is 97.0 Å². The summed E-state index contributed by atoms with van der Waals surface area (Å²) in [6.45, 7) is 0. The lowest BCUT2D eigenvalue weighted by Gasteiger charge is -2.12. The molecule has 0 spiro atoms. The van der Waals surface area contributed by atoms with Gasteiger partial charge in [-0.05, 0) is 11.4 Å². The standard InChI is InChI=1S/C10H9N3S2/c11-10(14)9(8-2-1-5-15-8)7-6-12-3-4-13-7/h1-6,9H,(H2,11,14). The highest BCUT2D eigenvalue weighted by atomic mass is 32.1. The maximum Gasteiger partial charge on any atom is 0.0873 e. The van der Waals surface area contributed by atoms with Crippen LogP contribution in [0.1, 0.15) is 16.5 Å². The topological polar surface area (TPSA) is 51.8 Å². The van der Waals surface area contributed by atoms with E-state index in [-0.39, 0.29) is 5.92 Å². The second kappa shape index (κ2) is 4.46. The highest BCUT2D eigenvalue weighted by molar-refractivity contribution is 7.80. The molecule has 0 aliphatic carbocycles. The average molecular weight is 235 g/mol. The Morgan fingerprint density at radius 2 is 2.33 bits per heavy atom. The third kappa shape index (κ3) is 2.19. The van der Waals surface area contributed by atoms with Gasteiger partial charge < -0.3 is 5.73 Å². The van der Waals surface area contributed by atoms with Crippen molar-refractivity contribution in [2.45, 2.75) is 5.92 Å². The summed E-state index contributed by atoms with van der Waals surface area (Å²) in [6, 6.07) is 3.98. The second-order valence-corrected chi connectivity index (χ2v) is 4.43. The lowest BCUT2D eigenvalue weighted by molar-refractivity contribution is 0.988. The number of rotatable bonds is 3. The summed E-state index contributed by atoms with van der Waals surface area (Å²) in [7, 11) is 0. The zero-order valence-corrected chi connectivity index (χ0v) is 9.46. The van der Waals surface area contributed by atoms with Crippen LogP contribution in [0.5, 0.6) is 0 Å². The molecule has 0 aliphatic rings. The lowest BCUT2D eigenvalue weighted by atomic mass is 10.0. The minimum Gasteiger partial charge on any atom is -0.392 e. The highest BCUT2D eigenvalue weighted by Crippen LogP contribution is 2.26. The molecule has 2 aromatic rings. The van der Waals surface area contributed by atoms with E-state index in [1.165, 1.54) is 0 Å². The van der Waals surface area contributed by atoms with Crippen LogP contribution in [-0.2, 0) is 0 Å². The zero-order chi connectivity index (χ0) is 10.7. The third-order valence-electron chi connectivity index (χ3n) is 1.99. The van der Waals surface area contributed by atoms with Gasteiger partial charge in [-0.2, -0.15) is 0 Å². The first kappa shape index (κ1) is 10.2. The predicted molar refractivity (Wildman–Crippen MR) is 65.0 cm³/mol. The second-order valence-electron chi connectivity index (χ2n) is 2.98. The van der Waals surface area contributed by atoms with Crippen LogP contribution in [0.25, 0.3) is 0 Å². The molecule has 15 heavy (non-hydrogen) atoms. The first-order valence-electron chi connectivity index (χ1n) is 4.37. The van der Waals surface area contributed by atoms with Crippen molar-refractivity contribution in [1.82, 2.24) is 9.97 Å². The van der Waals surface area contributed by atoms with Crippen molar-refractivity contribution in [2.75, 3.05) is 0 Å². The van der Waals surface area contributed by atoms with Crippen LogP contribution in [-0.4, -0.2) is 15.0 Å². The van der Waals surface area contributed by atoms with Crippen LogP contribution in [0.15, 0.2) is 36.1 Å². The lowest BCUT2D eigenvalue weighted by Crippen LogP contribution is -2.20. The van der Waals surface area contributed by atoms with E-state index < -0.39 is 0 Å². The van der Waals surface area contributed by atoms with E-state index in [1.807, 2.05) is 17.5 Å². The molecule has 2 heterocycles. The van der Waals surface area contributed by atoms with Gasteiger partial charge in [0, 0.05) is 23.5 Å². The van der Waals surface area contributed by atoms with Crippen molar-refractivity contribution < 1.29 is 0 Å². The fourth-order valence-corrected chi connectivity index (χ4v) is 2.52. The Morgan fingerprint density at radius 1 is 1.47 bits per heavy atom. The van der Waals surface area contributed by atoms with E-state index in [0.29, 0.717) is 4.99 Å². The van der Waals surface area contributed by atoms with Crippen molar-refractivity contribution >= 4 is 28.5 Å². The van der Waals surface area contributed by atoms with Crippen molar-refractivity contribution in [3.05, 3.63) is 46.7 Å². The molecule has 0 saturated carbocycles. The summed E-state index contributed by atoms with van der Waals surface area (Å²) in [5, 5.41) is 2.00. The fourth-order valence-electron chi connectivity index (χ4n) is 1.35. The Morgan fingerprint density at radius 3 is 2.87 bits per heavy atom. The van der Waals surface area contributed by atoms with E-state index in [1.54, 1.807) is 29.9 Å². The zero-order valence-electron chi connectivity index (χ0n) is 7.83. The van der Waals surface area contributed by atoms with Crippen molar-refractivity contribution in [2.24, 2.45) is 5.73 Å². The van der Waals surface area contributed by atoms with Crippen LogP contribution in [0.2, 0.25) is 0 Å². The summed E-state index contributed by atoms with van der Waals surface area (Å²) in [4.78, 5) is 9.79. The van der Waals surface area contributed by atoms with Crippen LogP contribution >= 0.6 is 23.6 Å². The van der Waals surface area contributed by atoms with Crippen molar-refractivity contribution in [1.29, 1.82) is 0 Å². The quantitative estimate of drug-likeness (QED) is 0.826. The smallest absolute Gasteiger partial charge is 0.0873 e. The van der Waals surface area contributed by atoms with Gasteiger partial charge in [-0.3, -0.25) is 9.97 Å². The Kier molecular flexibility index (Phi) is 3.03. The number of thiocarbonyl (C=S) groups is 1. The van der Waals surface area contributed by atoms with Gasteiger partial charge in [0.05, 0.1) is 16.6 Å². The van der Waals surface area contributed by atoms with Gasteiger partial charge in [0.1, 0.15) is 0 Å². The van der Waals surface area contributed by atoms with Crippen LogP contribution in [0.3, 0.4) is 0 Å². The molecule has 76 valence electrons. The Balaban J connectivity index is 2.42. The molecule has 0 saturated heterocycles. The van der Waals surface area contributed by atoms with Crippen LogP contribution in [0, 0.1) is 0 Å². The molecule has 3 nitrogen and oxygen atoms in total. The molecular formula is C10H9N3S2. The molecule has 0 fully saturated rings. The fraction of sp³-hybridized carbons (Fsp3) is 0.100. The van der Waals surface area contributed by atoms with Gasteiger partial charge in [0.25, 0.3) is 0 Å². The van der Waals surface area contributed by atoms with Gasteiger partial charge in [-0.1, -0.05) is 18.3 Å². The molecular weight excluding hydrogens is 226 g/mol. The van der Waals surface area contributed by atoms with E-state index in [4.69, 9.17) is 18.0 Å². The minimum absolute atomic E-state index is 0.117. The molecule has 5 heteroatoms. The van der Waals surface area contributed by atoms with Gasteiger partial charge in [0.2, 0.25) is 0 Å². The summed E-state index contributed by atoms with van der Waals surface area (Å²) in [6.07, 6.45) is 4.98. The number of thiophene rings is 1. The predicted octanol–water partition coefficient (Wildman–Crippen LogP) is 1.96. The normalized spacial score (nSPS) is 12.3. The average Bonchev–Trinajstić information content (AvgIpc) is 2.72. The number of hydrogen-bond acceptors (Lipinski definition) is 4. The maximum atomic E-state index is 5.73. The van der Waals surface area contributed by atoms with Gasteiger partial charge in [0.15, 0.2) is 0 Å². The third-order valence-corrected chi connectivity index (χ3v) is 3.16. The molecule has 2 rings (SSSR count). The number of nitrogens with two attached hydrogens (primary N) is 1. The number of hydrogen-bond donors (Lipinski definition) is 1. The molecule has 0 radical (unpaired) electrons. The molecule has 0 bridgehead atoms. The number of nitrogens with zero attached hydrogens (tertiary/aromatic N) is 2. The Bertz CT molecular complexity index is 439. The van der Waals surface area contributed by atoms with E-state index >= 15 is 0 Å². The summed E-state index contributed by atoms with van der Waals surface area (Å²) in [5.41, 5.74) is 6.53. The summed E-state index contributed by atoms with van der Waals surface area (Å²) < 4.78 is 0. The molecule has 0 aliphatic heterocycles. The Hall–Kier alpha value is -1.33. The molecule has 2 aromatic heterocycles. The maximum absolute atomic E-state index is 5.73. The molecule has 1 unspecified atom stereocenters. The van der Waals surface area contributed by atoms with Crippen LogP contribution < -0.4 is 5.73 Å². The molecule has 1 atom stereocenters. The van der Waals surface area contributed by atoms with Gasteiger partial charge in [-0.25, -0.2) is 0 Å². The van der Waals surface area contributed by atoms with E-state index in [9.17, 15) is 0 Å². The SMILES string of the molecule is NC(=S)C(c1cnccn1)c1cccs1. The largest absolute Gasteiger partial charge is 0.392 e. The number of aromatic nitrogens is 2. The first-order valence-corrected chi connectivity index (χ1v) is 5.66. The minimum atomic E-state index is -0.117. The highest BCUT2D eigenvalue weighted by Gasteiger charge is 2.19. The summed E-state index contributed by atoms with van der Waals surface area (Å²) in [5.74, 6) is -0.117. The molecule has 2 N–H and O–H groups in total. The van der Waals surface area contributed by atoms with E-state index in [2.05, 4.69) is 9.97 Å². The van der Waals surface area contributed by atoms with Crippen molar-refractivity contribution in [3.63, 3.8) is 0 Å². The first-order chi connectivity index (χ1) is 7.29. The monoisotopic (exact) mass is 235 g/mol. The van der Waals surface area contributed by atoms with Gasteiger partial charge >= 0.3 is 0 Å². The van der Waals surface area contributed by atoms with Crippen molar-refractivity contribution in [3.8, 4) is 0 Å².